The third-order valence-electron chi connectivity index (χ3n) is 6.38. The first kappa shape index (κ1) is 20.7. The number of nitrogens with zero attached hydrogens (tertiary/aromatic N) is 4. The van der Waals surface area contributed by atoms with Crippen LogP contribution in [-0.4, -0.2) is 44.8 Å². The van der Waals surface area contributed by atoms with Gasteiger partial charge in [-0.15, -0.1) is 0 Å². The summed E-state index contributed by atoms with van der Waals surface area (Å²) >= 11 is 0. The Balaban J connectivity index is 1.45. The summed E-state index contributed by atoms with van der Waals surface area (Å²) in [6.07, 6.45) is 7.39. The number of aromatic amines is 1. The van der Waals surface area contributed by atoms with Crippen molar-refractivity contribution in [1.82, 2.24) is 24.6 Å². The summed E-state index contributed by atoms with van der Waals surface area (Å²) in [6.45, 7) is 10.6. The van der Waals surface area contributed by atoms with Gasteiger partial charge in [0.25, 0.3) is 0 Å². The van der Waals surface area contributed by atoms with E-state index in [4.69, 9.17) is 4.74 Å². The molecule has 1 atom stereocenters. The van der Waals surface area contributed by atoms with Crippen molar-refractivity contribution in [2.24, 2.45) is 5.92 Å². The highest BCUT2D eigenvalue weighted by molar-refractivity contribution is 5.42. The molecule has 3 heterocycles. The summed E-state index contributed by atoms with van der Waals surface area (Å²) in [4.78, 5) is 6.97. The van der Waals surface area contributed by atoms with Crippen molar-refractivity contribution in [1.29, 1.82) is 0 Å². The smallest absolute Gasteiger partial charge is 0.122 e. The molecule has 4 rings (SSSR count). The van der Waals surface area contributed by atoms with Crippen LogP contribution in [-0.2, 0) is 19.5 Å². The van der Waals surface area contributed by atoms with Crippen LogP contribution in [0.25, 0.3) is 0 Å². The second-order valence-electron chi connectivity index (χ2n) is 8.61. The van der Waals surface area contributed by atoms with Crippen molar-refractivity contribution >= 4 is 0 Å². The number of benzene rings is 1. The van der Waals surface area contributed by atoms with Gasteiger partial charge in [-0.2, -0.15) is 5.10 Å². The first-order valence-corrected chi connectivity index (χ1v) is 10.9. The molecule has 160 valence electrons. The molecule has 3 aromatic rings. The lowest BCUT2D eigenvalue weighted by atomic mass is 9.96. The Bertz CT molecular complexity index is 970. The highest BCUT2D eigenvalue weighted by Crippen LogP contribution is 2.27. The summed E-state index contributed by atoms with van der Waals surface area (Å²) < 4.78 is 7.94. The Kier molecular flexibility index (Phi) is 6.23. The fraction of sp³-hybridized carbons (Fsp3) is 0.500. The first-order chi connectivity index (χ1) is 14.5. The van der Waals surface area contributed by atoms with E-state index in [0.717, 1.165) is 49.0 Å². The molecule has 1 aliphatic rings. The molecule has 1 saturated heterocycles. The van der Waals surface area contributed by atoms with Crippen molar-refractivity contribution in [2.75, 3.05) is 20.2 Å². The summed E-state index contributed by atoms with van der Waals surface area (Å²) in [7, 11) is 1.75. The van der Waals surface area contributed by atoms with Crippen LogP contribution in [0.1, 0.15) is 46.7 Å². The van der Waals surface area contributed by atoms with Crippen molar-refractivity contribution in [3.8, 4) is 5.75 Å². The zero-order valence-corrected chi connectivity index (χ0v) is 18.6. The monoisotopic (exact) mass is 407 g/mol. The fourth-order valence-corrected chi connectivity index (χ4v) is 4.67. The number of likely N-dealkylation sites (tertiary alicyclic amines) is 1. The van der Waals surface area contributed by atoms with Crippen molar-refractivity contribution in [3.05, 3.63) is 64.5 Å². The number of ether oxygens (including phenoxy) is 1. The number of hydrogen-bond acceptors (Lipinski definition) is 4. The van der Waals surface area contributed by atoms with Crippen molar-refractivity contribution < 1.29 is 4.74 Å². The number of rotatable bonds is 7. The van der Waals surface area contributed by atoms with Crippen molar-refractivity contribution in [3.63, 3.8) is 0 Å². The third kappa shape index (κ3) is 4.59. The number of H-pyrrole nitrogens is 1. The zero-order valence-electron chi connectivity index (χ0n) is 18.6. The number of piperidine rings is 1. The second-order valence-corrected chi connectivity index (χ2v) is 8.61. The predicted octanol–water partition coefficient (Wildman–Crippen LogP) is 4.04. The minimum atomic E-state index is 0.681. The molecule has 1 fully saturated rings. The molecule has 0 bridgehead atoms. The zero-order chi connectivity index (χ0) is 21.1. The summed E-state index contributed by atoms with van der Waals surface area (Å²) in [5.41, 5.74) is 6.04. The van der Waals surface area contributed by atoms with Crippen LogP contribution >= 0.6 is 0 Å². The molecule has 0 amide bonds. The third-order valence-corrected chi connectivity index (χ3v) is 6.38. The lowest BCUT2D eigenvalue weighted by Crippen LogP contribution is -2.36. The second kappa shape index (κ2) is 9.04. The largest absolute Gasteiger partial charge is 0.496 e. The minimum absolute atomic E-state index is 0.681. The van der Waals surface area contributed by atoms with E-state index in [0.29, 0.717) is 5.92 Å². The van der Waals surface area contributed by atoms with Gasteiger partial charge in [-0.05, 0) is 63.3 Å². The molecule has 6 heteroatoms. The van der Waals surface area contributed by atoms with E-state index in [9.17, 15) is 0 Å². The normalized spacial score (nSPS) is 17.4. The average molecular weight is 408 g/mol. The number of methoxy groups -OCH3 is 1. The van der Waals surface area contributed by atoms with Crippen LogP contribution in [0.3, 0.4) is 0 Å². The maximum absolute atomic E-state index is 5.65. The maximum Gasteiger partial charge on any atom is 0.122 e. The Labute approximate surface area is 179 Å². The van der Waals surface area contributed by atoms with Crippen LogP contribution in [0, 0.1) is 26.7 Å². The average Bonchev–Trinajstić information content (AvgIpc) is 3.28. The Morgan fingerprint density at radius 3 is 2.80 bits per heavy atom. The standard InChI is InChI=1S/C24H33N5O/c1-17-23(18(2)27-26-17)13-22-12-20(7-8-24(22)30-4)14-28-10-5-6-21(15-28)16-29-11-9-25-19(29)3/h7-9,11-12,21H,5-6,10,13-16H2,1-4H3,(H,26,27). The number of hydrogen-bond donors (Lipinski definition) is 1. The van der Waals surface area contributed by atoms with Crippen LogP contribution < -0.4 is 4.74 Å². The van der Waals surface area contributed by atoms with E-state index < -0.39 is 0 Å². The van der Waals surface area contributed by atoms with Gasteiger partial charge in [0, 0.05) is 49.7 Å². The van der Waals surface area contributed by atoms with Crippen LogP contribution in [0.5, 0.6) is 5.75 Å². The molecule has 1 aliphatic heterocycles. The molecule has 0 aliphatic carbocycles. The van der Waals surface area contributed by atoms with Gasteiger partial charge in [0.05, 0.1) is 12.8 Å². The predicted molar refractivity (Wildman–Crippen MR) is 119 cm³/mol. The van der Waals surface area contributed by atoms with E-state index in [1.54, 1.807) is 7.11 Å². The van der Waals surface area contributed by atoms with Gasteiger partial charge in [-0.1, -0.05) is 12.1 Å². The quantitative estimate of drug-likeness (QED) is 0.642. The molecular formula is C24H33N5O. The van der Waals surface area contributed by atoms with Crippen molar-refractivity contribution in [2.45, 2.75) is 53.1 Å². The highest BCUT2D eigenvalue weighted by Gasteiger charge is 2.21. The van der Waals surface area contributed by atoms with Gasteiger partial charge in [-0.3, -0.25) is 10.00 Å². The Morgan fingerprint density at radius 2 is 2.10 bits per heavy atom. The van der Waals surface area contributed by atoms with Gasteiger partial charge >= 0.3 is 0 Å². The lowest BCUT2D eigenvalue weighted by Gasteiger charge is -2.33. The Morgan fingerprint density at radius 1 is 1.23 bits per heavy atom. The number of imidazole rings is 1. The van der Waals surface area contributed by atoms with E-state index in [1.165, 1.54) is 36.1 Å². The summed E-state index contributed by atoms with van der Waals surface area (Å²) in [5.74, 6) is 2.74. The van der Waals surface area contributed by atoms with Crippen LogP contribution in [0.15, 0.2) is 30.6 Å². The number of nitrogens with one attached hydrogen (secondary N) is 1. The lowest BCUT2D eigenvalue weighted by molar-refractivity contribution is 0.155. The first-order valence-electron chi connectivity index (χ1n) is 10.9. The van der Waals surface area contributed by atoms with E-state index in [-0.39, 0.29) is 0 Å². The highest BCUT2D eigenvalue weighted by atomic mass is 16.5. The molecule has 1 unspecified atom stereocenters. The molecule has 1 aromatic carbocycles. The molecule has 2 aromatic heterocycles. The van der Waals surface area contributed by atoms with E-state index >= 15 is 0 Å². The fourth-order valence-electron chi connectivity index (χ4n) is 4.67. The minimum Gasteiger partial charge on any atom is -0.496 e. The van der Waals surface area contributed by atoms with Gasteiger partial charge in [-0.25, -0.2) is 4.98 Å². The number of aromatic nitrogens is 4. The van der Waals surface area contributed by atoms with E-state index in [2.05, 4.69) is 69.8 Å². The molecule has 6 nitrogen and oxygen atoms in total. The number of aryl methyl sites for hydroxylation is 3. The molecule has 0 spiro atoms. The SMILES string of the molecule is COc1ccc(CN2CCCC(Cn3ccnc3C)C2)cc1Cc1c(C)n[nH]c1C. The molecule has 1 N–H and O–H groups in total. The summed E-state index contributed by atoms with van der Waals surface area (Å²) in [6, 6.07) is 6.64. The topological polar surface area (TPSA) is 59.0 Å². The molecular weight excluding hydrogens is 374 g/mol. The van der Waals surface area contributed by atoms with Gasteiger partial charge in [0.1, 0.15) is 11.6 Å². The Hall–Kier alpha value is -2.60. The molecule has 0 radical (unpaired) electrons. The summed E-state index contributed by atoms with van der Waals surface area (Å²) in [5, 5.41) is 7.44. The molecule has 0 saturated carbocycles. The van der Waals surface area contributed by atoms with E-state index in [1.807, 2.05) is 6.20 Å². The van der Waals surface area contributed by atoms with Crippen LogP contribution in [0.4, 0.5) is 0 Å². The van der Waals surface area contributed by atoms with Gasteiger partial charge < -0.3 is 9.30 Å². The van der Waals surface area contributed by atoms with Gasteiger partial charge in [0.2, 0.25) is 0 Å². The van der Waals surface area contributed by atoms with Gasteiger partial charge in [0.15, 0.2) is 0 Å². The maximum atomic E-state index is 5.65. The molecule has 30 heavy (non-hydrogen) atoms. The van der Waals surface area contributed by atoms with Crippen LogP contribution in [0.2, 0.25) is 0 Å².